The summed E-state index contributed by atoms with van der Waals surface area (Å²) >= 11 is 0. The molecule has 0 atom stereocenters. The summed E-state index contributed by atoms with van der Waals surface area (Å²) in [5.41, 5.74) is 1.45. The van der Waals surface area contributed by atoms with E-state index >= 15 is 0 Å². The van der Waals surface area contributed by atoms with Gasteiger partial charge >= 0.3 is 0 Å². The number of rotatable bonds is 10. The summed E-state index contributed by atoms with van der Waals surface area (Å²) < 4.78 is 0. The minimum Gasteiger partial charge on any atom is -0.198 e. The van der Waals surface area contributed by atoms with Crippen LogP contribution in [0.1, 0.15) is 136 Å². The van der Waals surface area contributed by atoms with Gasteiger partial charge in [-0.1, -0.05) is 58.8 Å². The highest BCUT2D eigenvalue weighted by atomic mass is 14.6. The maximum Gasteiger partial charge on any atom is 0.0689 e. The van der Waals surface area contributed by atoms with Crippen molar-refractivity contribution in [1.29, 1.82) is 5.26 Å². The van der Waals surface area contributed by atoms with Crippen LogP contribution in [0.5, 0.6) is 0 Å². The molecule has 0 spiro atoms. The van der Waals surface area contributed by atoms with Crippen molar-refractivity contribution < 1.29 is 0 Å². The average Bonchev–Trinajstić information content (AvgIpc) is 2.74. The molecule has 0 amide bonds. The Morgan fingerprint density at radius 3 is 1.85 bits per heavy atom. The molecule has 4 fully saturated rings. The van der Waals surface area contributed by atoms with E-state index in [0.717, 1.165) is 11.3 Å². The molecule has 2 bridgehead atoms. The van der Waals surface area contributed by atoms with E-state index in [1.807, 2.05) is 0 Å². The van der Waals surface area contributed by atoms with Gasteiger partial charge < -0.3 is 0 Å². The number of hydrogen-bond donors (Lipinski definition) is 0. The van der Waals surface area contributed by atoms with Crippen molar-refractivity contribution in [2.75, 3.05) is 0 Å². The zero-order valence-corrected chi connectivity index (χ0v) is 18.5. The van der Waals surface area contributed by atoms with Crippen LogP contribution in [0.2, 0.25) is 0 Å². The Bertz CT molecular complexity index is 466. The molecule has 4 rings (SSSR count). The summed E-state index contributed by atoms with van der Waals surface area (Å²) in [6.07, 6.45) is 26.3. The Balaban J connectivity index is 1.48. The van der Waals surface area contributed by atoms with Crippen molar-refractivity contribution in [3.8, 4) is 6.07 Å². The van der Waals surface area contributed by atoms with Crippen LogP contribution in [-0.2, 0) is 0 Å². The fraction of sp³-hybridized carbons (Fsp3) is 0.962. The standard InChI is InChI=1S/C26H45N/c1-3-5-7-8-9-13-25(22-27)14-10-23(11-15-25)26-19-16-24(17-20-26,18-21-26)12-6-4-2/h23H,3-21H2,1-2H3. The van der Waals surface area contributed by atoms with Crippen molar-refractivity contribution in [2.24, 2.45) is 22.2 Å². The highest BCUT2D eigenvalue weighted by molar-refractivity contribution is 5.07. The Kier molecular flexibility index (Phi) is 7.32. The van der Waals surface area contributed by atoms with Crippen LogP contribution in [0.25, 0.3) is 0 Å². The molecule has 154 valence electrons. The van der Waals surface area contributed by atoms with Crippen molar-refractivity contribution in [3.63, 3.8) is 0 Å². The number of fused-ring (bicyclic) bond motifs is 3. The van der Waals surface area contributed by atoms with E-state index in [9.17, 15) is 5.26 Å². The molecule has 4 aliphatic rings. The molecule has 0 aromatic carbocycles. The Hall–Kier alpha value is -0.510. The lowest BCUT2D eigenvalue weighted by Gasteiger charge is -2.58. The van der Waals surface area contributed by atoms with E-state index in [2.05, 4.69) is 19.9 Å². The summed E-state index contributed by atoms with van der Waals surface area (Å²) in [7, 11) is 0. The Morgan fingerprint density at radius 2 is 1.30 bits per heavy atom. The van der Waals surface area contributed by atoms with Gasteiger partial charge in [0, 0.05) is 0 Å². The van der Waals surface area contributed by atoms with E-state index in [-0.39, 0.29) is 5.41 Å². The molecule has 4 aliphatic carbocycles. The Labute approximate surface area is 169 Å². The van der Waals surface area contributed by atoms with E-state index < -0.39 is 0 Å². The van der Waals surface area contributed by atoms with Crippen molar-refractivity contribution in [3.05, 3.63) is 0 Å². The molecule has 0 aromatic rings. The zero-order valence-electron chi connectivity index (χ0n) is 18.5. The third-order valence-electron chi connectivity index (χ3n) is 9.33. The first-order chi connectivity index (χ1) is 13.1. The van der Waals surface area contributed by atoms with Gasteiger partial charge in [-0.3, -0.25) is 0 Å². The summed E-state index contributed by atoms with van der Waals surface area (Å²) in [5.74, 6) is 0.934. The van der Waals surface area contributed by atoms with E-state index in [0.29, 0.717) is 5.41 Å². The van der Waals surface area contributed by atoms with Crippen LogP contribution < -0.4 is 0 Å². The maximum absolute atomic E-state index is 9.94. The minimum atomic E-state index is 0.0353. The van der Waals surface area contributed by atoms with Gasteiger partial charge in [-0.15, -0.1) is 0 Å². The number of nitrogens with zero attached hydrogens (tertiary/aromatic N) is 1. The van der Waals surface area contributed by atoms with Gasteiger partial charge in [-0.2, -0.15) is 5.26 Å². The van der Waals surface area contributed by atoms with Gasteiger partial charge in [-0.25, -0.2) is 0 Å². The van der Waals surface area contributed by atoms with Gasteiger partial charge in [0.05, 0.1) is 11.5 Å². The number of hydrogen-bond acceptors (Lipinski definition) is 1. The average molecular weight is 372 g/mol. The zero-order chi connectivity index (χ0) is 19.2. The van der Waals surface area contributed by atoms with Crippen molar-refractivity contribution in [2.45, 2.75) is 136 Å². The molecule has 1 heteroatoms. The summed E-state index contributed by atoms with van der Waals surface area (Å²) in [5, 5.41) is 9.94. The highest BCUT2D eigenvalue weighted by Crippen LogP contribution is 2.64. The van der Waals surface area contributed by atoms with Gasteiger partial charge in [0.15, 0.2) is 0 Å². The predicted octanol–water partition coefficient (Wildman–Crippen LogP) is 8.58. The van der Waals surface area contributed by atoms with Crippen LogP contribution in [-0.4, -0.2) is 0 Å². The quantitative estimate of drug-likeness (QED) is 0.353. The van der Waals surface area contributed by atoms with E-state index in [1.54, 1.807) is 0 Å². The summed E-state index contributed by atoms with van der Waals surface area (Å²) in [6, 6.07) is 2.80. The smallest absolute Gasteiger partial charge is 0.0689 e. The third kappa shape index (κ3) is 4.74. The Morgan fingerprint density at radius 1 is 0.704 bits per heavy atom. The molecule has 4 saturated carbocycles. The minimum absolute atomic E-state index is 0.0353. The molecule has 27 heavy (non-hydrogen) atoms. The summed E-state index contributed by atoms with van der Waals surface area (Å²) in [4.78, 5) is 0. The SMILES string of the molecule is CCCCCCCC1(C#N)CCC(C23CCC(CCCC)(CC2)CC3)CC1. The van der Waals surface area contributed by atoms with Crippen LogP contribution in [0, 0.1) is 33.5 Å². The fourth-order valence-corrected chi connectivity index (χ4v) is 7.10. The number of nitriles is 1. The predicted molar refractivity (Wildman–Crippen MR) is 115 cm³/mol. The molecule has 0 N–H and O–H groups in total. The lowest BCUT2D eigenvalue weighted by atomic mass is 9.47. The van der Waals surface area contributed by atoms with Gasteiger partial charge in [0.25, 0.3) is 0 Å². The molecule has 1 nitrogen and oxygen atoms in total. The van der Waals surface area contributed by atoms with Crippen LogP contribution >= 0.6 is 0 Å². The maximum atomic E-state index is 9.94. The molecule has 0 radical (unpaired) electrons. The molecule has 0 aliphatic heterocycles. The molecular formula is C26H45N. The fourth-order valence-electron chi connectivity index (χ4n) is 7.10. The summed E-state index contributed by atoms with van der Waals surface area (Å²) in [6.45, 7) is 4.63. The molecular weight excluding hydrogens is 326 g/mol. The lowest BCUT2D eigenvalue weighted by Crippen LogP contribution is -2.47. The van der Waals surface area contributed by atoms with E-state index in [1.165, 1.54) is 122 Å². The highest BCUT2D eigenvalue weighted by Gasteiger charge is 2.52. The molecule has 0 unspecified atom stereocenters. The largest absolute Gasteiger partial charge is 0.198 e. The second kappa shape index (κ2) is 9.33. The second-order valence-electron chi connectivity index (χ2n) is 10.8. The third-order valence-corrected chi connectivity index (χ3v) is 9.33. The molecule has 0 saturated heterocycles. The molecule has 0 aromatic heterocycles. The monoisotopic (exact) mass is 371 g/mol. The van der Waals surface area contributed by atoms with Crippen LogP contribution in [0.4, 0.5) is 0 Å². The van der Waals surface area contributed by atoms with Gasteiger partial charge in [0.1, 0.15) is 0 Å². The first-order valence-corrected chi connectivity index (χ1v) is 12.5. The molecule has 0 heterocycles. The lowest BCUT2D eigenvalue weighted by molar-refractivity contribution is -0.0689. The second-order valence-corrected chi connectivity index (χ2v) is 10.8. The van der Waals surface area contributed by atoms with Gasteiger partial charge in [-0.05, 0) is 93.8 Å². The first kappa shape index (κ1) is 21.2. The van der Waals surface area contributed by atoms with Crippen molar-refractivity contribution >= 4 is 0 Å². The van der Waals surface area contributed by atoms with Crippen molar-refractivity contribution in [1.82, 2.24) is 0 Å². The first-order valence-electron chi connectivity index (χ1n) is 12.5. The normalized spacial score (nSPS) is 38.6. The van der Waals surface area contributed by atoms with Crippen LogP contribution in [0.3, 0.4) is 0 Å². The van der Waals surface area contributed by atoms with Gasteiger partial charge in [0.2, 0.25) is 0 Å². The topological polar surface area (TPSA) is 23.8 Å². The van der Waals surface area contributed by atoms with E-state index in [4.69, 9.17) is 0 Å². The van der Waals surface area contributed by atoms with Crippen LogP contribution in [0.15, 0.2) is 0 Å². The number of unbranched alkanes of at least 4 members (excludes halogenated alkanes) is 5.